The van der Waals surface area contributed by atoms with Gasteiger partial charge in [0, 0.05) is 32.1 Å². The Hall–Kier alpha value is -2.34. The summed E-state index contributed by atoms with van der Waals surface area (Å²) in [5, 5.41) is 15.5. The Morgan fingerprint density at radius 3 is 2.64 bits per heavy atom. The van der Waals surface area contributed by atoms with E-state index in [-0.39, 0.29) is 5.78 Å². The van der Waals surface area contributed by atoms with Crippen molar-refractivity contribution in [1.29, 1.82) is 0 Å². The van der Waals surface area contributed by atoms with E-state index in [2.05, 4.69) is 22.1 Å². The van der Waals surface area contributed by atoms with Crippen molar-refractivity contribution in [2.24, 2.45) is 30.7 Å². The van der Waals surface area contributed by atoms with E-state index in [0.29, 0.717) is 41.8 Å². The molecule has 5 aliphatic rings. The third kappa shape index (κ3) is 3.96. The highest BCUT2D eigenvalue weighted by atomic mass is 16.5. The molecule has 6 heteroatoms. The highest BCUT2D eigenvalue weighted by molar-refractivity contribution is 5.95. The van der Waals surface area contributed by atoms with E-state index in [4.69, 9.17) is 4.74 Å². The number of hydrogen-bond acceptors (Lipinski definition) is 5. The number of benzene rings is 1. The van der Waals surface area contributed by atoms with E-state index in [1.54, 1.807) is 7.11 Å². The molecule has 2 unspecified atom stereocenters. The topological polar surface area (TPSA) is 67.6 Å². The Labute approximate surface area is 195 Å². The number of carbonyl (C=O) groups is 1. The number of aryl methyl sites for hydroxylation is 1. The van der Waals surface area contributed by atoms with Gasteiger partial charge in [-0.3, -0.25) is 9.48 Å². The summed E-state index contributed by atoms with van der Waals surface area (Å²) in [5.41, 5.74) is 1.34. The van der Waals surface area contributed by atoms with Crippen LogP contribution in [-0.2, 0) is 13.6 Å². The van der Waals surface area contributed by atoms with Crippen LogP contribution in [0.5, 0.6) is 5.75 Å². The largest absolute Gasteiger partial charge is 0.497 e. The first-order valence-electron chi connectivity index (χ1n) is 12.6. The van der Waals surface area contributed by atoms with Crippen molar-refractivity contribution < 1.29 is 14.6 Å². The van der Waals surface area contributed by atoms with Gasteiger partial charge in [-0.1, -0.05) is 12.1 Å². The minimum absolute atomic E-state index is 0.165. The van der Waals surface area contributed by atoms with Crippen LogP contribution in [0, 0.1) is 23.7 Å². The Balaban J connectivity index is 1.19. The number of methoxy groups -OCH3 is 1. The molecule has 4 bridgehead atoms. The van der Waals surface area contributed by atoms with Crippen molar-refractivity contribution in [2.45, 2.75) is 69.6 Å². The average molecular weight is 450 g/mol. The quantitative estimate of drug-likeness (QED) is 0.607. The van der Waals surface area contributed by atoms with Gasteiger partial charge in [0.2, 0.25) is 0 Å². The third-order valence-corrected chi connectivity index (χ3v) is 8.77. The number of ether oxygens (including phenoxy) is 1. The molecular formula is C27H35N3O3. The molecule has 0 spiro atoms. The molecule has 5 fully saturated rings. The Kier molecular flexibility index (Phi) is 5.05. The second-order valence-electron chi connectivity index (χ2n) is 11.2. The highest BCUT2D eigenvalue weighted by Gasteiger charge is 2.54. The van der Waals surface area contributed by atoms with Crippen LogP contribution in [0.25, 0.3) is 0 Å². The summed E-state index contributed by atoms with van der Waals surface area (Å²) >= 11 is 0. The summed E-state index contributed by atoms with van der Waals surface area (Å²) in [5.74, 6) is 4.14. The van der Waals surface area contributed by atoms with Crippen molar-refractivity contribution >= 4 is 11.6 Å². The number of aliphatic hydroxyl groups is 1. The van der Waals surface area contributed by atoms with Crippen molar-refractivity contribution in [3.8, 4) is 5.75 Å². The zero-order valence-electron chi connectivity index (χ0n) is 19.7. The Morgan fingerprint density at radius 2 is 1.97 bits per heavy atom. The van der Waals surface area contributed by atoms with Gasteiger partial charge in [-0.2, -0.15) is 5.10 Å². The molecule has 6 nitrogen and oxygen atoms in total. The fraction of sp³-hybridized carbons (Fsp3) is 0.630. The maximum atomic E-state index is 13.4. The first kappa shape index (κ1) is 21.2. The lowest BCUT2D eigenvalue weighted by Gasteiger charge is -2.58. The zero-order chi connectivity index (χ0) is 22.7. The first-order chi connectivity index (χ1) is 15.9. The minimum Gasteiger partial charge on any atom is -0.497 e. The summed E-state index contributed by atoms with van der Waals surface area (Å²) in [6.45, 7) is 0.780. The molecule has 176 valence electrons. The number of Topliss-reactive ketones (excluding diaryl/α,β-unsaturated/α-hetero) is 1. The Morgan fingerprint density at radius 1 is 1.21 bits per heavy atom. The zero-order valence-corrected chi connectivity index (χ0v) is 19.7. The van der Waals surface area contributed by atoms with Crippen LogP contribution < -0.4 is 9.64 Å². The highest BCUT2D eigenvalue weighted by Crippen LogP contribution is 2.59. The van der Waals surface area contributed by atoms with Crippen LogP contribution in [0.1, 0.15) is 67.4 Å². The van der Waals surface area contributed by atoms with Gasteiger partial charge in [0.05, 0.1) is 12.7 Å². The van der Waals surface area contributed by atoms with Crippen molar-refractivity contribution in [1.82, 2.24) is 9.78 Å². The normalized spacial score (nSPS) is 32.2. The van der Waals surface area contributed by atoms with Crippen LogP contribution in [0.4, 0.5) is 5.82 Å². The maximum absolute atomic E-state index is 13.4. The van der Waals surface area contributed by atoms with Crippen LogP contribution >= 0.6 is 0 Å². The number of rotatable bonds is 8. The smallest absolute Gasteiger partial charge is 0.183 e. The average Bonchev–Trinajstić information content (AvgIpc) is 3.55. The van der Waals surface area contributed by atoms with Crippen LogP contribution in [-0.4, -0.2) is 39.4 Å². The SMILES string of the molecule is COc1cccc(CN(c2cc(C(=O)CC3C4CC5CC3CC(O)(C5)C4)nn2C)C2CC2)c1. The molecule has 2 aromatic rings. The molecule has 0 radical (unpaired) electrons. The summed E-state index contributed by atoms with van der Waals surface area (Å²) in [6.07, 6.45) is 8.08. The van der Waals surface area contributed by atoms with E-state index < -0.39 is 5.60 Å². The number of hydrogen-bond donors (Lipinski definition) is 1. The molecule has 1 heterocycles. The van der Waals surface area contributed by atoms with Crippen LogP contribution in [0.3, 0.4) is 0 Å². The second kappa shape index (κ2) is 7.86. The molecule has 0 saturated heterocycles. The van der Waals surface area contributed by atoms with Gasteiger partial charge in [0.25, 0.3) is 0 Å². The molecule has 1 N–H and O–H groups in total. The standard InChI is InChI=1S/C27H35N3O3/c1-29-26(30(21-6-7-21)16-17-4-3-5-22(10-17)33-2)12-24(28-29)25(31)11-23-19-8-18-9-20(23)15-27(32,13-18)14-19/h3-5,10,12,18-21,23,32H,6-9,11,13-16H2,1-2H3. The van der Waals surface area contributed by atoms with Crippen LogP contribution in [0.2, 0.25) is 0 Å². The molecule has 7 rings (SSSR count). The van der Waals surface area contributed by atoms with Gasteiger partial charge < -0.3 is 14.7 Å². The van der Waals surface area contributed by atoms with E-state index >= 15 is 0 Å². The number of nitrogens with zero attached hydrogens (tertiary/aromatic N) is 3. The van der Waals surface area contributed by atoms with Crippen LogP contribution in [0.15, 0.2) is 30.3 Å². The van der Waals surface area contributed by atoms with Crippen molar-refractivity contribution in [3.05, 3.63) is 41.6 Å². The summed E-state index contributed by atoms with van der Waals surface area (Å²) < 4.78 is 7.28. The lowest BCUT2D eigenvalue weighted by Crippen LogP contribution is -2.54. The third-order valence-electron chi connectivity index (χ3n) is 8.77. The van der Waals surface area contributed by atoms with Crippen molar-refractivity contribution in [2.75, 3.05) is 12.0 Å². The minimum atomic E-state index is -0.445. The Bertz CT molecular complexity index is 1040. The number of anilines is 1. The predicted molar refractivity (Wildman–Crippen MR) is 126 cm³/mol. The summed E-state index contributed by atoms with van der Waals surface area (Å²) in [4.78, 5) is 15.7. The first-order valence-corrected chi connectivity index (χ1v) is 12.6. The van der Waals surface area contributed by atoms with Gasteiger partial charge >= 0.3 is 0 Å². The fourth-order valence-corrected chi connectivity index (χ4v) is 7.35. The van der Waals surface area contributed by atoms with Gasteiger partial charge in [0.15, 0.2) is 5.78 Å². The van der Waals surface area contributed by atoms with Crippen molar-refractivity contribution in [3.63, 3.8) is 0 Å². The monoisotopic (exact) mass is 449 g/mol. The fourth-order valence-electron chi connectivity index (χ4n) is 7.35. The molecule has 2 atom stereocenters. The second-order valence-corrected chi connectivity index (χ2v) is 11.2. The lowest BCUT2D eigenvalue weighted by atomic mass is 9.49. The molecule has 5 saturated carbocycles. The molecular weight excluding hydrogens is 414 g/mol. The predicted octanol–water partition coefficient (Wildman–Crippen LogP) is 4.36. The van der Waals surface area contributed by atoms with Gasteiger partial charge in [-0.25, -0.2) is 0 Å². The van der Waals surface area contributed by atoms with E-state index in [1.807, 2.05) is 29.9 Å². The molecule has 1 aromatic carbocycles. The molecule has 5 aliphatic carbocycles. The van der Waals surface area contributed by atoms with Gasteiger partial charge in [0.1, 0.15) is 17.3 Å². The van der Waals surface area contributed by atoms with E-state index in [0.717, 1.165) is 37.4 Å². The van der Waals surface area contributed by atoms with E-state index in [1.165, 1.54) is 31.2 Å². The summed E-state index contributed by atoms with van der Waals surface area (Å²) in [6, 6.07) is 10.7. The van der Waals surface area contributed by atoms with Gasteiger partial charge in [-0.15, -0.1) is 0 Å². The number of aromatic nitrogens is 2. The number of ketones is 1. The molecule has 1 aromatic heterocycles. The summed E-state index contributed by atoms with van der Waals surface area (Å²) in [7, 11) is 3.64. The van der Waals surface area contributed by atoms with Gasteiger partial charge in [-0.05, 0) is 86.3 Å². The van der Waals surface area contributed by atoms with E-state index in [9.17, 15) is 9.90 Å². The molecule has 0 aliphatic heterocycles. The maximum Gasteiger partial charge on any atom is 0.183 e. The lowest BCUT2D eigenvalue weighted by molar-refractivity contribution is -0.151. The number of carbonyl (C=O) groups excluding carboxylic acids is 1. The molecule has 33 heavy (non-hydrogen) atoms. The molecule has 0 amide bonds.